The number of esters is 1. The zero-order valence-electron chi connectivity index (χ0n) is 10.9. The molecule has 1 aliphatic carbocycles. The third-order valence-electron chi connectivity index (χ3n) is 3.46. The van der Waals surface area contributed by atoms with Gasteiger partial charge in [-0.3, -0.25) is 4.79 Å². The first-order valence-electron chi connectivity index (χ1n) is 6.75. The Balaban J connectivity index is 1.86. The van der Waals surface area contributed by atoms with Gasteiger partial charge < -0.3 is 10.1 Å². The van der Waals surface area contributed by atoms with Crippen LogP contribution in [-0.2, 0) is 16.0 Å². The number of benzene rings is 1. The number of hydrogen-bond donors (Lipinski definition) is 1. The van der Waals surface area contributed by atoms with Crippen molar-refractivity contribution in [1.82, 2.24) is 5.32 Å². The van der Waals surface area contributed by atoms with Crippen LogP contribution in [0.3, 0.4) is 0 Å². The Kier molecular flexibility index (Phi) is 4.76. The maximum Gasteiger partial charge on any atom is 0.319 e. The topological polar surface area (TPSA) is 38.3 Å². The van der Waals surface area contributed by atoms with E-state index in [0.29, 0.717) is 19.1 Å². The van der Waals surface area contributed by atoms with Gasteiger partial charge in [0, 0.05) is 6.54 Å². The van der Waals surface area contributed by atoms with E-state index in [2.05, 4.69) is 29.6 Å². The summed E-state index contributed by atoms with van der Waals surface area (Å²) in [4.78, 5) is 11.2. The molecule has 0 fully saturated rings. The molecule has 0 amide bonds. The SMILES string of the molecule is CCOC(=O)CNCC1CCCc2ccccc21. The van der Waals surface area contributed by atoms with Crippen LogP contribution in [0.4, 0.5) is 0 Å². The van der Waals surface area contributed by atoms with Gasteiger partial charge in [-0.1, -0.05) is 24.3 Å². The van der Waals surface area contributed by atoms with Crippen LogP contribution in [0.25, 0.3) is 0 Å². The smallest absolute Gasteiger partial charge is 0.319 e. The quantitative estimate of drug-likeness (QED) is 0.811. The highest BCUT2D eigenvalue weighted by atomic mass is 16.5. The molecule has 0 radical (unpaired) electrons. The zero-order chi connectivity index (χ0) is 12.8. The number of hydrogen-bond acceptors (Lipinski definition) is 3. The molecule has 0 bridgehead atoms. The highest BCUT2D eigenvalue weighted by Crippen LogP contribution is 2.30. The van der Waals surface area contributed by atoms with E-state index in [9.17, 15) is 4.79 Å². The minimum Gasteiger partial charge on any atom is -0.465 e. The second-order valence-electron chi connectivity index (χ2n) is 4.72. The molecule has 1 atom stereocenters. The standard InChI is InChI=1S/C15H21NO2/c1-2-18-15(17)11-16-10-13-8-5-7-12-6-3-4-9-14(12)13/h3-4,6,9,13,16H,2,5,7-8,10-11H2,1H3. The van der Waals surface area contributed by atoms with Gasteiger partial charge in [-0.2, -0.15) is 0 Å². The van der Waals surface area contributed by atoms with Crippen LogP contribution in [0.1, 0.15) is 36.8 Å². The largest absolute Gasteiger partial charge is 0.465 e. The molecule has 0 saturated carbocycles. The molecule has 0 aromatic heterocycles. The van der Waals surface area contributed by atoms with Crippen LogP contribution in [0.5, 0.6) is 0 Å². The highest BCUT2D eigenvalue weighted by Gasteiger charge is 2.19. The van der Waals surface area contributed by atoms with Crippen LogP contribution < -0.4 is 5.32 Å². The van der Waals surface area contributed by atoms with Crippen molar-refractivity contribution in [3.63, 3.8) is 0 Å². The predicted molar refractivity (Wildman–Crippen MR) is 71.6 cm³/mol. The lowest BCUT2D eigenvalue weighted by Crippen LogP contribution is -2.30. The first-order chi connectivity index (χ1) is 8.81. The normalized spacial score (nSPS) is 18.2. The van der Waals surface area contributed by atoms with Crippen molar-refractivity contribution in [2.45, 2.75) is 32.1 Å². The van der Waals surface area contributed by atoms with E-state index < -0.39 is 0 Å². The number of aryl methyl sites for hydroxylation is 1. The summed E-state index contributed by atoms with van der Waals surface area (Å²) in [7, 11) is 0. The lowest BCUT2D eigenvalue weighted by Gasteiger charge is -2.25. The lowest BCUT2D eigenvalue weighted by atomic mass is 9.83. The summed E-state index contributed by atoms with van der Waals surface area (Å²) in [5.74, 6) is 0.367. The maximum absolute atomic E-state index is 11.2. The summed E-state index contributed by atoms with van der Waals surface area (Å²) in [6, 6.07) is 8.63. The second-order valence-corrected chi connectivity index (χ2v) is 4.72. The summed E-state index contributed by atoms with van der Waals surface area (Å²) in [6.45, 7) is 3.45. The average Bonchev–Trinajstić information content (AvgIpc) is 2.39. The van der Waals surface area contributed by atoms with Crippen molar-refractivity contribution in [3.05, 3.63) is 35.4 Å². The van der Waals surface area contributed by atoms with Gasteiger partial charge >= 0.3 is 5.97 Å². The monoisotopic (exact) mass is 247 g/mol. The average molecular weight is 247 g/mol. The molecular formula is C15H21NO2. The van der Waals surface area contributed by atoms with E-state index >= 15 is 0 Å². The number of rotatable bonds is 5. The lowest BCUT2D eigenvalue weighted by molar-refractivity contribution is -0.142. The Morgan fingerprint density at radius 3 is 3.11 bits per heavy atom. The Bertz CT molecular complexity index is 403. The predicted octanol–water partition coefficient (Wildman–Crippen LogP) is 2.26. The third kappa shape index (κ3) is 3.33. The molecule has 1 aliphatic rings. The number of fused-ring (bicyclic) bond motifs is 1. The van der Waals surface area contributed by atoms with Crippen LogP contribution in [0.2, 0.25) is 0 Å². The van der Waals surface area contributed by atoms with Crippen molar-refractivity contribution in [1.29, 1.82) is 0 Å². The summed E-state index contributed by atoms with van der Waals surface area (Å²) in [5, 5.41) is 3.21. The van der Waals surface area contributed by atoms with Crippen LogP contribution in [-0.4, -0.2) is 25.7 Å². The van der Waals surface area contributed by atoms with Crippen molar-refractivity contribution in [3.8, 4) is 0 Å². The Morgan fingerprint density at radius 2 is 2.28 bits per heavy atom. The van der Waals surface area contributed by atoms with Gasteiger partial charge in [-0.05, 0) is 43.2 Å². The summed E-state index contributed by atoms with van der Waals surface area (Å²) in [6.07, 6.45) is 3.63. The molecule has 0 saturated heterocycles. The van der Waals surface area contributed by atoms with E-state index in [0.717, 1.165) is 6.54 Å². The maximum atomic E-state index is 11.2. The minimum absolute atomic E-state index is 0.165. The zero-order valence-corrected chi connectivity index (χ0v) is 10.9. The van der Waals surface area contributed by atoms with E-state index in [1.807, 2.05) is 6.92 Å². The first-order valence-corrected chi connectivity index (χ1v) is 6.75. The number of carbonyl (C=O) groups excluding carboxylic acids is 1. The molecular weight excluding hydrogens is 226 g/mol. The van der Waals surface area contributed by atoms with Crippen molar-refractivity contribution >= 4 is 5.97 Å². The highest BCUT2D eigenvalue weighted by molar-refractivity contribution is 5.71. The molecule has 1 aromatic carbocycles. The van der Waals surface area contributed by atoms with Crippen molar-refractivity contribution in [2.75, 3.05) is 19.7 Å². The molecule has 1 N–H and O–H groups in total. The fourth-order valence-electron chi connectivity index (χ4n) is 2.63. The molecule has 0 spiro atoms. The van der Waals surface area contributed by atoms with Gasteiger partial charge in [-0.25, -0.2) is 0 Å². The number of ether oxygens (including phenoxy) is 1. The van der Waals surface area contributed by atoms with Gasteiger partial charge in [0.05, 0.1) is 13.2 Å². The molecule has 3 heteroatoms. The third-order valence-corrected chi connectivity index (χ3v) is 3.46. The summed E-state index contributed by atoms with van der Waals surface area (Å²) >= 11 is 0. The Morgan fingerprint density at radius 1 is 1.44 bits per heavy atom. The van der Waals surface area contributed by atoms with Crippen molar-refractivity contribution < 1.29 is 9.53 Å². The molecule has 0 aliphatic heterocycles. The second kappa shape index (κ2) is 6.55. The number of carbonyl (C=O) groups is 1. The van der Waals surface area contributed by atoms with Crippen molar-refractivity contribution in [2.24, 2.45) is 0 Å². The summed E-state index contributed by atoms with van der Waals surface area (Å²) in [5.41, 5.74) is 2.91. The molecule has 3 nitrogen and oxygen atoms in total. The van der Waals surface area contributed by atoms with Crippen LogP contribution in [0.15, 0.2) is 24.3 Å². The van der Waals surface area contributed by atoms with E-state index in [4.69, 9.17) is 4.74 Å². The van der Waals surface area contributed by atoms with Crippen LogP contribution >= 0.6 is 0 Å². The van der Waals surface area contributed by atoms with E-state index in [-0.39, 0.29) is 5.97 Å². The number of nitrogens with one attached hydrogen (secondary N) is 1. The molecule has 18 heavy (non-hydrogen) atoms. The Hall–Kier alpha value is -1.35. The molecule has 98 valence electrons. The van der Waals surface area contributed by atoms with Crippen LogP contribution in [0, 0.1) is 0 Å². The van der Waals surface area contributed by atoms with E-state index in [1.54, 1.807) is 0 Å². The van der Waals surface area contributed by atoms with Gasteiger partial charge in [0.25, 0.3) is 0 Å². The summed E-state index contributed by atoms with van der Waals surface area (Å²) < 4.78 is 4.90. The van der Waals surface area contributed by atoms with Gasteiger partial charge in [0.2, 0.25) is 0 Å². The van der Waals surface area contributed by atoms with E-state index in [1.165, 1.54) is 30.4 Å². The Labute approximate surface area is 109 Å². The molecule has 0 heterocycles. The van der Waals surface area contributed by atoms with Gasteiger partial charge in [0.15, 0.2) is 0 Å². The van der Waals surface area contributed by atoms with Gasteiger partial charge in [0.1, 0.15) is 0 Å². The molecule has 1 aromatic rings. The fraction of sp³-hybridized carbons (Fsp3) is 0.533. The molecule has 2 rings (SSSR count). The first kappa shape index (κ1) is 13.1. The fourth-order valence-corrected chi connectivity index (χ4v) is 2.63. The van der Waals surface area contributed by atoms with Gasteiger partial charge in [-0.15, -0.1) is 0 Å². The minimum atomic E-state index is -0.165. The molecule has 1 unspecified atom stereocenters.